The van der Waals surface area contributed by atoms with Crippen LogP contribution in [0.1, 0.15) is 37.3 Å². The van der Waals surface area contributed by atoms with Crippen LogP contribution in [-0.4, -0.2) is 36.4 Å². The van der Waals surface area contributed by atoms with E-state index in [0.29, 0.717) is 23.8 Å². The van der Waals surface area contributed by atoms with E-state index in [2.05, 4.69) is 0 Å². The van der Waals surface area contributed by atoms with Crippen molar-refractivity contribution in [2.75, 3.05) is 20.0 Å². The predicted molar refractivity (Wildman–Crippen MR) is 112 cm³/mol. The first-order valence-corrected chi connectivity index (χ1v) is 10.3. The Morgan fingerprint density at radius 1 is 1.04 bits per heavy atom. The minimum atomic E-state index is -0.237. The molecule has 1 aliphatic rings. The molecule has 1 heterocycles. The Labute approximate surface area is 171 Å². The Kier molecular flexibility index (Phi) is 6.08. The maximum atomic E-state index is 12.5. The largest absolute Gasteiger partial charge is 0.493 e. The van der Waals surface area contributed by atoms with Gasteiger partial charge in [0.1, 0.15) is 16.7 Å². The molecule has 0 N–H and O–H groups in total. The van der Waals surface area contributed by atoms with Gasteiger partial charge in [0.2, 0.25) is 5.91 Å². The van der Waals surface area contributed by atoms with Crippen molar-refractivity contribution in [3.63, 3.8) is 0 Å². The second-order valence-corrected chi connectivity index (χ2v) is 8.73. The lowest BCUT2D eigenvalue weighted by atomic mass is 10.1. The van der Waals surface area contributed by atoms with Gasteiger partial charge in [0.05, 0.1) is 20.0 Å². The molecule has 0 aromatic heterocycles. The Bertz CT molecular complexity index is 829. The van der Waals surface area contributed by atoms with Gasteiger partial charge in [-0.25, -0.2) is 0 Å². The van der Waals surface area contributed by atoms with E-state index in [4.69, 9.17) is 14.2 Å². The summed E-state index contributed by atoms with van der Waals surface area (Å²) >= 11 is 1.65. The molecule has 0 bridgehead atoms. The summed E-state index contributed by atoms with van der Waals surface area (Å²) in [6.07, 6.45) is 0. The number of methoxy groups -OCH3 is 2. The second kappa shape index (κ2) is 8.35. The van der Waals surface area contributed by atoms with Crippen molar-refractivity contribution in [2.24, 2.45) is 0 Å². The molecule has 1 aliphatic heterocycles. The molecule has 1 saturated heterocycles. The number of hydrogen-bond donors (Lipinski definition) is 0. The SMILES string of the molecule is COc1ccc(CN2C(=O)CSC2c2ccc(OC(C)(C)C)cc2)cc1OC. The molecule has 1 fully saturated rings. The van der Waals surface area contributed by atoms with Crippen molar-refractivity contribution < 1.29 is 19.0 Å². The molecule has 1 amide bonds. The molecule has 150 valence electrons. The first-order chi connectivity index (χ1) is 13.3. The minimum Gasteiger partial charge on any atom is -0.493 e. The Hall–Kier alpha value is -2.34. The van der Waals surface area contributed by atoms with Crippen LogP contribution in [0.25, 0.3) is 0 Å². The Morgan fingerprint density at radius 3 is 2.32 bits per heavy atom. The molecule has 0 spiro atoms. The van der Waals surface area contributed by atoms with Crippen molar-refractivity contribution in [1.82, 2.24) is 4.90 Å². The smallest absolute Gasteiger partial charge is 0.234 e. The van der Waals surface area contributed by atoms with E-state index in [1.807, 2.05) is 68.1 Å². The van der Waals surface area contributed by atoms with Crippen molar-refractivity contribution in [3.8, 4) is 17.2 Å². The predicted octanol–water partition coefficient (Wildman–Crippen LogP) is 4.66. The van der Waals surface area contributed by atoms with E-state index in [1.165, 1.54) is 0 Å². The van der Waals surface area contributed by atoms with Gasteiger partial charge in [-0.1, -0.05) is 18.2 Å². The van der Waals surface area contributed by atoms with Gasteiger partial charge in [-0.3, -0.25) is 4.79 Å². The van der Waals surface area contributed by atoms with Crippen LogP contribution in [0.5, 0.6) is 17.2 Å². The molecule has 3 rings (SSSR count). The standard InChI is InChI=1S/C22H27NO4S/c1-22(2,3)27-17-9-7-16(8-10-17)21-23(20(24)14-28-21)13-15-6-11-18(25-4)19(12-15)26-5/h6-12,21H,13-14H2,1-5H3. The maximum absolute atomic E-state index is 12.5. The van der Waals surface area contributed by atoms with Crippen LogP contribution in [0.2, 0.25) is 0 Å². The molecular weight excluding hydrogens is 374 g/mol. The summed E-state index contributed by atoms with van der Waals surface area (Å²) in [4.78, 5) is 14.4. The fraction of sp³-hybridized carbons (Fsp3) is 0.409. The molecule has 2 aromatic carbocycles. The van der Waals surface area contributed by atoms with E-state index >= 15 is 0 Å². The van der Waals surface area contributed by atoms with Crippen LogP contribution >= 0.6 is 11.8 Å². The zero-order valence-corrected chi connectivity index (χ0v) is 17.8. The Morgan fingerprint density at radius 2 is 1.71 bits per heavy atom. The molecule has 2 aromatic rings. The number of carbonyl (C=O) groups is 1. The number of rotatable bonds is 6. The molecule has 5 nitrogen and oxygen atoms in total. The number of carbonyl (C=O) groups excluding carboxylic acids is 1. The normalized spacial score (nSPS) is 17.0. The van der Waals surface area contributed by atoms with Crippen molar-refractivity contribution in [3.05, 3.63) is 53.6 Å². The number of hydrogen-bond acceptors (Lipinski definition) is 5. The molecule has 6 heteroatoms. The molecule has 0 aliphatic carbocycles. The van der Waals surface area contributed by atoms with Crippen molar-refractivity contribution in [1.29, 1.82) is 0 Å². The number of ether oxygens (including phenoxy) is 3. The number of amides is 1. The summed E-state index contributed by atoms with van der Waals surface area (Å²) in [7, 11) is 3.23. The molecule has 0 radical (unpaired) electrons. The lowest BCUT2D eigenvalue weighted by Gasteiger charge is -2.25. The van der Waals surface area contributed by atoms with E-state index in [0.717, 1.165) is 16.9 Å². The highest BCUT2D eigenvalue weighted by atomic mass is 32.2. The van der Waals surface area contributed by atoms with Crippen LogP contribution in [-0.2, 0) is 11.3 Å². The summed E-state index contributed by atoms with van der Waals surface area (Å²) in [6.45, 7) is 6.60. The summed E-state index contributed by atoms with van der Waals surface area (Å²) in [5.74, 6) is 2.80. The topological polar surface area (TPSA) is 48.0 Å². The number of thioether (sulfide) groups is 1. The number of nitrogens with zero attached hydrogens (tertiary/aromatic N) is 1. The maximum Gasteiger partial charge on any atom is 0.234 e. The van der Waals surface area contributed by atoms with Gasteiger partial charge in [-0.2, -0.15) is 0 Å². The van der Waals surface area contributed by atoms with Crippen LogP contribution in [0.15, 0.2) is 42.5 Å². The van der Waals surface area contributed by atoms with Gasteiger partial charge in [-0.05, 0) is 56.2 Å². The summed E-state index contributed by atoms with van der Waals surface area (Å²) < 4.78 is 16.6. The van der Waals surface area contributed by atoms with E-state index in [-0.39, 0.29) is 16.9 Å². The van der Waals surface area contributed by atoms with E-state index in [1.54, 1.807) is 26.0 Å². The first-order valence-electron chi connectivity index (χ1n) is 9.21. The fourth-order valence-corrected chi connectivity index (χ4v) is 4.32. The third kappa shape index (κ3) is 4.73. The molecule has 28 heavy (non-hydrogen) atoms. The minimum absolute atomic E-state index is 0.00992. The Balaban J connectivity index is 1.78. The summed E-state index contributed by atoms with van der Waals surface area (Å²) in [5.41, 5.74) is 1.86. The van der Waals surface area contributed by atoms with Crippen LogP contribution in [0.4, 0.5) is 0 Å². The van der Waals surface area contributed by atoms with Gasteiger partial charge in [0.15, 0.2) is 11.5 Å². The monoisotopic (exact) mass is 401 g/mol. The van der Waals surface area contributed by atoms with Gasteiger partial charge in [0.25, 0.3) is 0 Å². The van der Waals surface area contributed by atoms with Crippen molar-refractivity contribution in [2.45, 2.75) is 38.3 Å². The highest BCUT2D eigenvalue weighted by Gasteiger charge is 2.33. The second-order valence-electron chi connectivity index (χ2n) is 7.66. The average Bonchev–Trinajstić information content (AvgIpc) is 3.01. The first kappa shape index (κ1) is 20.4. The van der Waals surface area contributed by atoms with Gasteiger partial charge >= 0.3 is 0 Å². The van der Waals surface area contributed by atoms with Gasteiger partial charge in [0, 0.05) is 6.54 Å². The van der Waals surface area contributed by atoms with E-state index in [9.17, 15) is 4.79 Å². The average molecular weight is 402 g/mol. The van der Waals surface area contributed by atoms with Crippen molar-refractivity contribution >= 4 is 17.7 Å². The lowest BCUT2D eigenvalue weighted by molar-refractivity contribution is -0.128. The third-order valence-corrected chi connectivity index (χ3v) is 5.61. The highest BCUT2D eigenvalue weighted by Crippen LogP contribution is 2.40. The van der Waals surface area contributed by atoms with Gasteiger partial charge in [-0.15, -0.1) is 11.8 Å². The van der Waals surface area contributed by atoms with Crippen LogP contribution in [0, 0.1) is 0 Å². The van der Waals surface area contributed by atoms with E-state index < -0.39 is 0 Å². The van der Waals surface area contributed by atoms with Crippen LogP contribution < -0.4 is 14.2 Å². The third-order valence-electron chi connectivity index (χ3n) is 4.36. The molecule has 0 saturated carbocycles. The summed E-state index contributed by atoms with van der Waals surface area (Å²) in [6, 6.07) is 13.8. The lowest BCUT2D eigenvalue weighted by Crippen LogP contribution is -2.27. The number of benzene rings is 2. The highest BCUT2D eigenvalue weighted by molar-refractivity contribution is 8.00. The quantitative estimate of drug-likeness (QED) is 0.705. The van der Waals surface area contributed by atoms with Crippen LogP contribution in [0.3, 0.4) is 0 Å². The molecule has 1 atom stereocenters. The fourth-order valence-electron chi connectivity index (χ4n) is 3.13. The zero-order valence-electron chi connectivity index (χ0n) is 17.0. The summed E-state index contributed by atoms with van der Waals surface area (Å²) in [5, 5.41) is -0.00992. The zero-order chi connectivity index (χ0) is 20.3. The molecular formula is C22H27NO4S. The van der Waals surface area contributed by atoms with Gasteiger partial charge < -0.3 is 19.1 Å². The molecule has 1 unspecified atom stereocenters.